The average molecular weight is 330 g/mol. The molecule has 1 saturated heterocycles. The van der Waals surface area contributed by atoms with Gasteiger partial charge in [-0.1, -0.05) is 51.9 Å². The van der Waals surface area contributed by atoms with Crippen LogP contribution in [0.15, 0.2) is 12.3 Å². The molecule has 1 fully saturated rings. The average Bonchev–Trinajstić information content (AvgIpc) is 2.93. The number of ether oxygens (including phenoxy) is 2. The summed E-state index contributed by atoms with van der Waals surface area (Å²) in [4.78, 5) is 0. The van der Waals surface area contributed by atoms with Gasteiger partial charge in [0.25, 0.3) is 0 Å². The Morgan fingerprint density at radius 2 is 1.78 bits per heavy atom. The first-order valence-electron chi connectivity index (χ1n) is 9.09. The van der Waals surface area contributed by atoms with E-state index in [4.69, 9.17) is 14.6 Å². The van der Waals surface area contributed by atoms with Gasteiger partial charge in [0.1, 0.15) is 24.4 Å². The van der Waals surface area contributed by atoms with Gasteiger partial charge in [0, 0.05) is 0 Å². The molecule has 0 bridgehead atoms. The highest BCUT2D eigenvalue weighted by molar-refractivity contribution is 4.90. The van der Waals surface area contributed by atoms with E-state index in [1.54, 1.807) is 6.26 Å². The van der Waals surface area contributed by atoms with Crippen LogP contribution in [0.5, 0.6) is 0 Å². The summed E-state index contributed by atoms with van der Waals surface area (Å²) in [5.41, 5.74) is 0. The lowest BCUT2D eigenvalue weighted by atomic mass is 10.1. The molecule has 1 heterocycles. The molecule has 5 nitrogen and oxygen atoms in total. The van der Waals surface area contributed by atoms with E-state index in [1.165, 1.54) is 44.9 Å². The number of hydrogen-bond donors (Lipinski definition) is 3. The smallest absolute Gasteiger partial charge is 0.149 e. The first kappa shape index (κ1) is 20.4. The Morgan fingerprint density at radius 3 is 2.43 bits per heavy atom. The third kappa shape index (κ3) is 8.15. The molecule has 4 atom stereocenters. The zero-order chi connectivity index (χ0) is 16.9. The van der Waals surface area contributed by atoms with Crippen LogP contribution in [0.3, 0.4) is 0 Å². The third-order valence-electron chi connectivity index (χ3n) is 4.31. The van der Waals surface area contributed by atoms with E-state index in [-0.39, 0.29) is 6.61 Å². The van der Waals surface area contributed by atoms with Crippen LogP contribution in [-0.2, 0) is 9.47 Å². The summed E-state index contributed by atoms with van der Waals surface area (Å²) < 4.78 is 10.7. The predicted molar refractivity (Wildman–Crippen MR) is 90.1 cm³/mol. The number of allylic oxidation sites excluding steroid dienone is 1. The van der Waals surface area contributed by atoms with Gasteiger partial charge in [-0.15, -0.1) is 0 Å². The highest BCUT2D eigenvalue weighted by atomic mass is 16.6. The lowest BCUT2D eigenvalue weighted by Gasteiger charge is -2.20. The van der Waals surface area contributed by atoms with Crippen molar-refractivity contribution < 1.29 is 24.8 Å². The summed E-state index contributed by atoms with van der Waals surface area (Å²) in [6.07, 6.45) is 11.7. The molecule has 5 heteroatoms. The largest absolute Gasteiger partial charge is 0.493 e. The third-order valence-corrected chi connectivity index (χ3v) is 4.31. The Balaban J connectivity index is 2.00. The molecule has 0 aromatic rings. The fourth-order valence-electron chi connectivity index (χ4n) is 2.80. The zero-order valence-corrected chi connectivity index (χ0v) is 14.4. The fraction of sp³-hybridized carbons (Fsp3) is 0.889. The molecule has 23 heavy (non-hydrogen) atoms. The maximum absolute atomic E-state index is 9.96. The predicted octanol–water partition coefficient (Wildman–Crippen LogP) is 2.53. The first-order valence-corrected chi connectivity index (χ1v) is 9.09. The summed E-state index contributed by atoms with van der Waals surface area (Å²) in [5.74, 6) is 0. The van der Waals surface area contributed by atoms with Crippen molar-refractivity contribution in [2.75, 3.05) is 13.2 Å². The molecule has 1 aliphatic heterocycles. The van der Waals surface area contributed by atoms with Gasteiger partial charge in [-0.05, 0) is 18.9 Å². The molecule has 3 N–H and O–H groups in total. The molecule has 0 unspecified atom stereocenters. The molecule has 0 radical (unpaired) electrons. The van der Waals surface area contributed by atoms with Gasteiger partial charge in [0.15, 0.2) is 0 Å². The van der Waals surface area contributed by atoms with Gasteiger partial charge in [-0.3, -0.25) is 0 Å². The highest BCUT2D eigenvalue weighted by Gasteiger charge is 2.40. The molecular weight excluding hydrogens is 296 g/mol. The molecule has 0 aromatic heterocycles. The number of aliphatic hydroxyl groups excluding tert-OH is 3. The van der Waals surface area contributed by atoms with Crippen LogP contribution < -0.4 is 0 Å². The van der Waals surface area contributed by atoms with E-state index in [2.05, 4.69) is 6.92 Å². The van der Waals surface area contributed by atoms with Crippen molar-refractivity contribution in [3.8, 4) is 0 Å². The minimum Gasteiger partial charge on any atom is -0.493 e. The minimum atomic E-state index is -1.07. The van der Waals surface area contributed by atoms with E-state index in [9.17, 15) is 10.2 Å². The Labute approximate surface area is 140 Å². The van der Waals surface area contributed by atoms with E-state index in [1.807, 2.05) is 6.08 Å². The Hall–Kier alpha value is -0.620. The lowest BCUT2D eigenvalue weighted by molar-refractivity contribution is -0.0689. The number of unbranched alkanes of at least 4 members (excludes halogenated alkanes) is 8. The van der Waals surface area contributed by atoms with Crippen LogP contribution in [0, 0.1) is 0 Å². The van der Waals surface area contributed by atoms with Gasteiger partial charge in [0.2, 0.25) is 0 Å². The first-order chi connectivity index (χ1) is 11.2. The zero-order valence-electron chi connectivity index (χ0n) is 14.4. The van der Waals surface area contributed by atoms with Crippen LogP contribution in [0.2, 0.25) is 0 Å². The van der Waals surface area contributed by atoms with E-state index < -0.39 is 31.0 Å². The van der Waals surface area contributed by atoms with Gasteiger partial charge >= 0.3 is 0 Å². The maximum Gasteiger partial charge on any atom is 0.149 e. The number of hydrogen-bond acceptors (Lipinski definition) is 5. The molecule has 136 valence electrons. The van der Waals surface area contributed by atoms with Crippen molar-refractivity contribution in [1.29, 1.82) is 0 Å². The van der Waals surface area contributed by atoms with Crippen molar-refractivity contribution in [3.63, 3.8) is 0 Å². The molecule has 1 rings (SSSR count). The summed E-state index contributed by atoms with van der Waals surface area (Å²) >= 11 is 0. The quantitative estimate of drug-likeness (QED) is 0.357. The topological polar surface area (TPSA) is 79.2 Å². The van der Waals surface area contributed by atoms with Crippen LogP contribution in [-0.4, -0.2) is 52.9 Å². The highest BCUT2D eigenvalue weighted by Crippen LogP contribution is 2.20. The molecule has 0 aromatic carbocycles. The second-order valence-electron chi connectivity index (χ2n) is 6.35. The van der Waals surface area contributed by atoms with Crippen molar-refractivity contribution in [3.05, 3.63) is 12.3 Å². The molecule has 0 spiro atoms. The van der Waals surface area contributed by atoms with Crippen molar-refractivity contribution >= 4 is 0 Å². The van der Waals surface area contributed by atoms with Gasteiger partial charge < -0.3 is 24.8 Å². The SMILES string of the molecule is CCCCCCCCCC/C=C/O[C@H]1CO[C@@H]([C@H](O)CO)[C@H]1O. The lowest BCUT2D eigenvalue weighted by Crippen LogP contribution is -2.40. The van der Waals surface area contributed by atoms with Gasteiger partial charge in [-0.25, -0.2) is 0 Å². The summed E-state index contributed by atoms with van der Waals surface area (Å²) in [5, 5.41) is 28.3. The van der Waals surface area contributed by atoms with Crippen LogP contribution in [0.1, 0.15) is 64.7 Å². The second kappa shape index (κ2) is 12.8. The molecule has 0 saturated carbocycles. The summed E-state index contributed by atoms with van der Waals surface area (Å²) in [6.45, 7) is 2.04. The Kier molecular flexibility index (Phi) is 11.3. The number of aliphatic hydroxyl groups is 3. The van der Waals surface area contributed by atoms with E-state index in [0.29, 0.717) is 0 Å². The van der Waals surface area contributed by atoms with Crippen molar-refractivity contribution in [2.24, 2.45) is 0 Å². The van der Waals surface area contributed by atoms with Crippen LogP contribution >= 0.6 is 0 Å². The molecule has 1 aliphatic rings. The van der Waals surface area contributed by atoms with Crippen LogP contribution in [0.4, 0.5) is 0 Å². The molecule has 0 amide bonds. The fourth-order valence-corrected chi connectivity index (χ4v) is 2.80. The summed E-state index contributed by atoms with van der Waals surface area (Å²) in [6, 6.07) is 0. The van der Waals surface area contributed by atoms with Gasteiger partial charge in [-0.2, -0.15) is 0 Å². The van der Waals surface area contributed by atoms with Crippen LogP contribution in [0.25, 0.3) is 0 Å². The Morgan fingerprint density at radius 1 is 1.13 bits per heavy atom. The normalized spacial score (nSPS) is 26.0. The van der Waals surface area contributed by atoms with E-state index in [0.717, 1.165) is 12.8 Å². The molecular formula is C18H34O5. The second-order valence-corrected chi connectivity index (χ2v) is 6.35. The monoisotopic (exact) mass is 330 g/mol. The summed E-state index contributed by atoms with van der Waals surface area (Å²) in [7, 11) is 0. The van der Waals surface area contributed by atoms with Crippen molar-refractivity contribution in [1.82, 2.24) is 0 Å². The Bertz CT molecular complexity index is 308. The standard InChI is InChI=1S/C18H34O5/c1-2-3-4-5-6-7-8-9-10-11-12-22-16-14-23-18(17(16)21)15(20)13-19/h11-12,15-21H,2-10,13-14H2,1H3/b12-11+/t15-,16+,17+,18+/m1/s1. The van der Waals surface area contributed by atoms with E-state index >= 15 is 0 Å². The molecule has 0 aliphatic carbocycles. The van der Waals surface area contributed by atoms with Gasteiger partial charge in [0.05, 0.1) is 19.5 Å². The maximum atomic E-state index is 9.96. The number of rotatable bonds is 13. The van der Waals surface area contributed by atoms with Crippen molar-refractivity contribution in [2.45, 2.75) is 89.1 Å². The minimum absolute atomic E-state index is 0.227.